The van der Waals surface area contributed by atoms with Gasteiger partial charge in [-0.05, 0) is 54.5 Å². The summed E-state index contributed by atoms with van der Waals surface area (Å²) in [6, 6.07) is 5.73. The molecule has 0 radical (unpaired) electrons. The van der Waals surface area contributed by atoms with Gasteiger partial charge >= 0.3 is 11.9 Å². The average molecular weight is 422 g/mol. The lowest BCUT2D eigenvalue weighted by Gasteiger charge is -2.28. The fraction of sp³-hybridized carbons (Fsp3) is 0.476. The first-order valence-electron chi connectivity index (χ1n) is 9.76. The molecule has 0 spiro atoms. The summed E-state index contributed by atoms with van der Waals surface area (Å²) in [7, 11) is 0. The largest absolute Gasteiger partial charge is 0.508 e. The second-order valence-corrected chi connectivity index (χ2v) is 8.40. The summed E-state index contributed by atoms with van der Waals surface area (Å²) in [5.41, 5.74) is 0.980. The van der Waals surface area contributed by atoms with Crippen LogP contribution < -0.4 is 5.69 Å². The zero-order chi connectivity index (χ0) is 22.1. The number of hydrogen-bond donors (Lipinski definition) is 2. The van der Waals surface area contributed by atoms with Gasteiger partial charge in [-0.2, -0.15) is 13.2 Å². The molecular weight excluding hydrogens is 397 g/mol. The van der Waals surface area contributed by atoms with Crippen molar-refractivity contribution >= 4 is 5.71 Å². The van der Waals surface area contributed by atoms with Crippen LogP contribution >= 0.6 is 0 Å². The van der Waals surface area contributed by atoms with Crippen LogP contribution in [0.4, 0.5) is 13.2 Å². The number of benzene rings is 1. The van der Waals surface area contributed by atoms with E-state index in [9.17, 15) is 23.1 Å². The van der Waals surface area contributed by atoms with Gasteiger partial charge in [-0.3, -0.25) is 4.57 Å². The molecule has 9 heteroatoms. The van der Waals surface area contributed by atoms with Gasteiger partial charge in [0, 0.05) is 12.1 Å². The monoisotopic (exact) mass is 422 g/mol. The van der Waals surface area contributed by atoms with Crippen LogP contribution in [0, 0.1) is 10.8 Å². The van der Waals surface area contributed by atoms with Crippen molar-refractivity contribution in [3.63, 3.8) is 0 Å². The predicted octanol–water partition coefficient (Wildman–Crippen LogP) is 4.53. The zero-order valence-corrected chi connectivity index (χ0v) is 17.0. The Morgan fingerprint density at radius 1 is 1.27 bits per heavy atom. The van der Waals surface area contributed by atoms with Crippen LogP contribution in [0.3, 0.4) is 0 Å². The lowest BCUT2D eigenvalue weighted by atomic mass is 9.77. The molecule has 1 aliphatic rings. The fourth-order valence-corrected chi connectivity index (χ4v) is 3.41. The van der Waals surface area contributed by atoms with Crippen molar-refractivity contribution in [3.8, 4) is 17.1 Å². The van der Waals surface area contributed by atoms with Gasteiger partial charge < -0.3 is 10.5 Å². The molecule has 2 N–H and O–H groups in total. The van der Waals surface area contributed by atoms with E-state index in [1.165, 1.54) is 24.3 Å². The SMILES string of the molecule is CC1(C)CC=C(C(=N)Cn2nc(-c3ccc(O)cc3)n(CCC(F)(F)F)c2=O)CC1. The molecule has 6 nitrogen and oxygen atoms in total. The van der Waals surface area contributed by atoms with E-state index >= 15 is 0 Å². The number of allylic oxidation sites excluding steroid dienone is 2. The molecule has 0 saturated carbocycles. The van der Waals surface area contributed by atoms with E-state index < -0.39 is 24.8 Å². The summed E-state index contributed by atoms with van der Waals surface area (Å²) in [6.45, 7) is 3.64. The molecule has 0 atom stereocenters. The van der Waals surface area contributed by atoms with Crippen molar-refractivity contribution < 1.29 is 18.3 Å². The molecule has 0 unspecified atom stereocenters. The van der Waals surface area contributed by atoms with Gasteiger partial charge in [-0.25, -0.2) is 9.48 Å². The predicted molar refractivity (Wildman–Crippen MR) is 108 cm³/mol. The number of halogens is 3. The van der Waals surface area contributed by atoms with Crippen molar-refractivity contribution in [2.45, 2.75) is 58.8 Å². The van der Waals surface area contributed by atoms with Crippen LogP contribution in [-0.2, 0) is 13.1 Å². The normalized spacial score (nSPS) is 16.4. The Morgan fingerprint density at radius 2 is 1.93 bits per heavy atom. The number of alkyl halides is 3. The van der Waals surface area contributed by atoms with Crippen LogP contribution in [0.15, 0.2) is 40.7 Å². The molecule has 1 aromatic carbocycles. The van der Waals surface area contributed by atoms with E-state index in [0.717, 1.165) is 34.1 Å². The maximum atomic E-state index is 12.8. The van der Waals surface area contributed by atoms with Crippen molar-refractivity contribution in [1.82, 2.24) is 14.3 Å². The van der Waals surface area contributed by atoms with Gasteiger partial charge in [0.2, 0.25) is 0 Å². The number of hydrogen-bond acceptors (Lipinski definition) is 4. The Labute approximate surface area is 172 Å². The first-order chi connectivity index (χ1) is 14.0. The van der Waals surface area contributed by atoms with Crippen molar-refractivity contribution in [1.29, 1.82) is 5.41 Å². The molecule has 1 aromatic heterocycles. The van der Waals surface area contributed by atoms with E-state index in [0.29, 0.717) is 5.56 Å². The molecule has 162 valence electrons. The molecule has 0 amide bonds. The molecule has 0 aliphatic heterocycles. The summed E-state index contributed by atoms with van der Waals surface area (Å²) in [4.78, 5) is 12.8. The van der Waals surface area contributed by atoms with E-state index in [1.54, 1.807) is 0 Å². The zero-order valence-electron chi connectivity index (χ0n) is 17.0. The van der Waals surface area contributed by atoms with E-state index in [2.05, 4.69) is 18.9 Å². The van der Waals surface area contributed by atoms with Gasteiger partial charge in [0.15, 0.2) is 5.82 Å². The number of nitrogens with zero attached hydrogens (tertiary/aromatic N) is 3. The Kier molecular flexibility index (Phi) is 5.92. The van der Waals surface area contributed by atoms with Gasteiger partial charge in [0.05, 0.1) is 18.7 Å². The van der Waals surface area contributed by atoms with Crippen molar-refractivity contribution in [3.05, 3.63) is 46.4 Å². The summed E-state index contributed by atoms with van der Waals surface area (Å²) in [5, 5.41) is 22.1. The standard InChI is InChI=1S/C21H25F3N4O2/c1-20(2)9-7-14(8-10-20)17(25)13-28-19(30)27(12-11-21(22,23)24)18(26-28)15-3-5-16(29)6-4-15/h3-7,25,29H,8-13H2,1-2H3. The molecule has 0 bridgehead atoms. The van der Waals surface area contributed by atoms with Crippen molar-refractivity contribution in [2.75, 3.05) is 0 Å². The van der Waals surface area contributed by atoms with Gasteiger partial charge in [-0.15, -0.1) is 5.10 Å². The van der Waals surface area contributed by atoms with Gasteiger partial charge in [0.25, 0.3) is 0 Å². The molecular formula is C21H25F3N4O2. The maximum absolute atomic E-state index is 12.8. The molecule has 1 heterocycles. The molecule has 30 heavy (non-hydrogen) atoms. The summed E-state index contributed by atoms with van der Waals surface area (Å²) in [5.74, 6) is 0.0760. The number of aromatic hydroxyl groups is 1. The van der Waals surface area contributed by atoms with E-state index in [1.807, 2.05) is 6.08 Å². The first-order valence-corrected chi connectivity index (χ1v) is 9.76. The number of aromatic nitrogens is 3. The highest BCUT2D eigenvalue weighted by Gasteiger charge is 2.29. The lowest BCUT2D eigenvalue weighted by molar-refractivity contribution is -0.136. The fourth-order valence-electron chi connectivity index (χ4n) is 3.41. The average Bonchev–Trinajstić information content (AvgIpc) is 2.95. The Balaban J connectivity index is 1.91. The second-order valence-electron chi connectivity index (χ2n) is 8.40. The number of nitrogens with one attached hydrogen (secondary N) is 1. The molecule has 1 aliphatic carbocycles. The Bertz CT molecular complexity index is 1010. The van der Waals surface area contributed by atoms with E-state index in [4.69, 9.17) is 5.41 Å². The van der Waals surface area contributed by atoms with Crippen LogP contribution in [0.2, 0.25) is 0 Å². The lowest BCUT2D eigenvalue weighted by Crippen LogP contribution is -2.30. The van der Waals surface area contributed by atoms with Crippen LogP contribution in [0.5, 0.6) is 5.75 Å². The minimum atomic E-state index is -4.42. The highest BCUT2D eigenvalue weighted by Crippen LogP contribution is 2.34. The first kappa shape index (κ1) is 21.9. The number of phenols is 1. The maximum Gasteiger partial charge on any atom is 0.390 e. The summed E-state index contributed by atoms with van der Waals surface area (Å²) in [6.07, 6.45) is -1.10. The second kappa shape index (κ2) is 8.12. The molecule has 0 saturated heterocycles. The van der Waals surface area contributed by atoms with Crippen molar-refractivity contribution in [2.24, 2.45) is 5.41 Å². The Morgan fingerprint density at radius 3 is 2.50 bits per heavy atom. The summed E-state index contributed by atoms with van der Waals surface area (Å²) >= 11 is 0. The summed E-state index contributed by atoms with van der Waals surface area (Å²) < 4.78 is 40.3. The Hall–Kier alpha value is -2.84. The molecule has 3 rings (SSSR count). The quantitative estimate of drug-likeness (QED) is 0.671. The minimum Gasteiger partial charge on any atom is -0.508 e. The topological polar surface area (TPSA) is 83.9 Å². The van der Waals surface area contributed by atoms with Crippen LogP contribution in [-0.4, -0.2) is 31.3 Å². The van der Waals surface area contributed by atoms with Crippen LogP contribution in [0.1, 0.15) is 39.5 Å². The highest BCUT2D eigenvalue weighted by atomic mass is 19.4. The number of phenolic OH excluding ortho intramolecular Hbond substituents is 1. The van der Waals surface area contributed by atoms with Gasteiger partial charge in [0.1, 0.15) is 5.75 Å². The van der Waals surface area contributed by atoms with E-state index in [-0.39, 0.29) is 29.2 Å². The highest BCUT2D eigenvalue weighted by molar-refractivity contribution is 5.97. The molecule has 0 fully saturated rings. The number of rotatable bonds is 6. The van der Waals surface area contributed by atoms with Crippen LogP contribution in [0.25, 0.3) is 11.4 Å². The third-order valence-corrected chi connectivity index (χ3v) is 5.33. The van der Waals surface area contributed by atoms with Gasteiger partial charge in [-0.1, -0.05) is 19.9 Å². The third kappa shape index (κ3) is 5.20. The minimum absolute atomic E-state index is 0.00342. The third-order valence-electron chi connectivity index (χ3n) is 5.33. The smallest absolute Gasteiger partial charge is 0.390 e. The molecule has 2 aromatic rings.